The average Bonchev–Trinajstić information content (AvgIpc) is 2.39. The van der Waals surface area contributed by atoms with Crippen LogP contribution in [0.4, 0.5) is 0 Å². The van der Waals surface area contributed by atoms with E-state index in [0.29, 0.717) is 12.0 Å². The Morgan fingerprint density at radius 3 is 2.45 bits per heavy atom. The van der Waals surface area contributed by atoms with E-state index in [1.54, 1.807) is 7.11 Å². The van der Waals surface area contributed by atoms with Crippen molar-refractivity contribution < 1.29 is 4.74 Å². The molecule has 0 amide bonds. The number of benzene rings is 1. The summed E-state index contributed by atoms with van der Waals surface area (Å²) in [5.41, 5.74) is 3.98. The highest BCUT2D eigenvalue weighted by Crippen LogP contribution is 2.26. The third kappa shape index (κ3) is 4.82. The first-order valence-corrected chi connectivity index (χ1v) is 7.87. The van der Waals surface area contributed by atoms with Gasteiger partial charge in [-0.2, -0.15) is 0 Å². The van der Waals surface area contributed by atoms with Gasteiger partial charge in [0, 0.05) is 6.04 Å². The minimum Gasteiger partial charge on any atom is -0.496 e. The monoisotopic (exact) mass is 277 g/mol. The number of nitrogens with one attached hydrogen (secondary N) is 1. The van der Waals surface area contributed by atoms with Gasteiger partial charge in [0.15, 0.2) is 0 Å². The molecule has 0 fully saturated rings. The first-order chi connectivity index (χ1) is 9.49. The van der Waals surface area contributed by atoms with E-state index in [4.69, 9.17) is 4.74 Å². The summed E-state index contributed by atoms with van der Waals surface area (Å²) in [6.45, 7) is 12.2. The second kappa shape index (κ2) is 8.31. The molecule has 2 nitrogen and oxygen atoms in total. The zero-order valence-electron chi connectivity index (χ0n) is 14.0. The van der Waals surface area contributed by atoms with Crippen LogP contribution in [0.15, 0.2) is 12.1 Å². The Kier molecular flexibility index (Phi) is 7.08. The molecule has 0 aliphatic rings. The summed E-state index contributed by atoms with van der Waals surface area (Å²) in [7, 11) is 1.77. The molecule has 1 aromatic rings. The van der Waals surface area contributed by atoms with Crippen molar-refractivity contribution in [1.29, 1.82) is 0 Å². The number of methoxy groups -OCH3 is 1. The molecule has 20 heavy (non-hydrogen) atoms. The molecule has 1 unspecified atom stereocenters. The lowest BCUT2D eigenvalue weighted by molar-refractivity contribution is 0.371. The van der Waals surface area contributed by atoms with Crippen LogP contribution in [0.3, 0.4) is 0 Å². The van der Waals surface area contributed by atoms with Gasteiger partial charge in [-0.1, -0.05) is 26.8 Å². The minimum absolute atomic E-state index is 0.584. The van der Waals surface area contributed by atoms with E-state index in [1.165, 1.54) is 23.1 Å². The molecule has 0 aliphatic heterocycles. The van der Waals surface area contributed by atoms with E-state index >= 15 is 0 Å². The summed E-state index contributed by atoms with van der Waals surface area (Å²) >= 11 is 0. The molecule has 0 radical (unpaired) electrons. The molecule has 0 bridgehead atoms. The van der Waals surface area contributed by atoms with Crippen molar-refractivity contribution in [1.82, 2.24) is 5.32 Å². The Labute approximate surface area is 124 Å². The Morgan fingerprint density at radius 1 is 1.20 bits per heavy atom. The smallest absolute Gasteiger partial charge is 0.122 e. The number of hydrogen-bond donors (Lipinski definition) is 1. The fourth-order valence-corrected chi connectivity index (χ4v) is 2.76. The van der Waals surface area contributed by atoms with E-state index in [2.05, 4.69) is 52.1 Å². The molecule has 0 aliphatic carbocycles. The highest BCUT2D eigenvalue weighted by molar-refractivity contribution is 5.43. The summed E-state index contributed by atoms with van der Waals surface area (Å²) in [4.78, 5) is 0. The van der Waals surface area contributed by atoms with Crippen molar-refractivity contribution >= 4 is 0 Å². The zero-order chi connectivity index (χ0) is 15.1. The lowest BCUT2D eigenvalue weighted by Gasteiger charge is -2.23. The van der Waals surface area contributed by atoms with Gasteiger partial charge in [-0.25, -0.2) is 0 Å². The van der Waals surface area contributed by atoms with Crippen LogP contribution in [0.1, 0.15) is 50.3 Å². The lowest BCUT2D eigenvalue weighted by Crippen LogP contribution is -2.34. The molecular weight excluding hydrogens is 246 g/mol. The summed E-state index contributed by atoms with van der Waals surface area (Å²) in [6.07, 6.45) is 3.43. The summed E-state index contributed by atoms with van der Waals surface area (Å²) in [6, 6.07) is 4.98. The van der Waals surface area contributed by atoms with Crippen LogP contribution in [0.2, 0.25) is 0 Å². The van der Waals surface area contributed by atoms with Crippen molar-refractivity contribution in [3.8, 4) is 5.75 Å². The maximum atomic E-state index is 5.56. The molecule has 1 N–H and O–H groups in total. The van der Waals surface area contributed by atoms with Crippen LogP contribution >= 0.6 is 0 Å². The summed E-state index contributed by atoms with van der Waals surface area (Å²) in [5, 5.41) is 3.67. The Bertz CT molecular complexity index is 412. The Morgan fingerprint density at radius 2 is 1.90 bits per heavy atom. The van der Waals surface area contributed by atoms with Gasteiger partial charge in [0.1, 0.15) is 5.75 Å². The maximum Gasteiger partial charge on any atom is 0.122 e. The predicted molar refractivity (Wildman–Crippen MR) is 87.7 cm³/mol. The fourth-order valence-electron chi connectivity index (χ4n) is 2.76. The Balaban J connectivity index is 2.77. The van der Waals surface area contributed by atoms with Crippen LogP contribution < -0.4 is 10.1 Å². The van der Waals surface area contributed by atoms with E-state index in [-0.39, 0.29) is 0 Å². The number of rotatable bonds is 8. The van der Waals surface area contributed by atoms with Crippen molar-refractivity contribution in [3.63, 3.8) is 0 Å². The van der Waals surface area contributed by atoms with Gasteiger partial charge in [-0.05, 0) is 68.3 Å². The molecule has 0 spiro atoms. The summed E-state index contributed by atoms with van der Waals surface area (Å²) in [5.74, 6) is 1.71. The van der Waals surface area contributed by atoms with Gasteiger partial charge in [-0.3, -0.25) is 0 Å². The molecule has 0 saturated carbocycles. The molecule has 0 heterocycles. The molecule has 1 aromatic carbocycles. The number of hydrogen-bond acceptors (Lipinski definition) is 2. The van der Waals surface area contributed by atoms with Crippen LogP contribution in [-0.2, 0) is 6.42 Å². The van der Waals surface area contributed by atoms with E-state index in [0.717, 1.165) is 25.1 Å². The first kappa shape index (κ1) is 17.0. The third-order valence-corrected chi connectivity index (χ3v) is 3.96. The molecule has 0 saturated heterocycles. The van der Waals surface area contributed by atoms with Gasteiger partial charge in [0.25, 0.3) is 0 Å². The average molecular weight is 277 g/mol. The fraction of sp³-hybridized carbons (Fsp3) is 0.667. The number of ether oxygens (including phenoxy) is 1. The van der Waals surface area contributed by atoms with Crippen LogP contribution in [0.25, 0.3) is 0 Å². The quantitative estimate of drug-likeness (QED) is 0.766. The molecule has 2 heteroatoms. The topological polar surface area (TPSA) is 21.3 Å². The largest absolute Gasteiger partial charge is 0.496 e. The molecular formula is C18H31NO. The van der Waals surface area contributed by atoms with Crippen molar-refractivity contribution in [3.05, 3.63) is 28.8 Å². The standard InChI is InChI=1S/C18H31NO/c1-7-10-19-17(13(2)3)9-8-16-15(5)11-14(4)12-18(16)20-6/h11-13,17,19H,7-10H2,1-6H3. The lowest BCUT2D eigenvalue weighted by atomic mass is 9.93. The van der Waals surface area contributed by atoms with Crippen LogP contribution in [0.5, 0.6) is 5.75 Å². The van der Waals surface area contributed by atoms with E-state index in [1.807, 2.05) is 0 Å². The molecule has 0 aromatic heterocycles. The minimum atomic E-state index is 0.584. The van der Waals surface area contributed by atoms with Gasteiger partial charge >= 0.3 is 0 Å². The highest BCUT2D eigenvalue weighted by Gasteiger charge is 2.15. The van der Waals surface area contributed by atoms with Gasteiger partial charge in [0.05, 0.1) is 7.11 Å². The first-order valence-electron chi connectivity index (χ1n) is 7.87. The van der Waals surface area contributed by atoms with Crippen LogP contribution in [-0.4, -0.2) is 19.7 Å². The predicted octanol–water partition coefficient (Wildman–Crippen LogP) is 4.27. The van der Waals surface area contributed by atoms with Crippen molar-refractivity contribution in [2.45, 2.75) is 59.9 Å². The third-order valence-electron chi connectivity index (χ3n) is 3.96. The van der Waals surface area contributed by atoms with Gasteiger partial charge < -0.3 is 10.1 Å². The Hall–Kier alpha value is -1.02. The molecule has 1 rings (SSSR count). The highest BCUT2D eigenvalue weighted by atomic mass is 16.5. The molecule has 1 atom stereocenters. The summed E-state index contributed by atoms with van der Waals surface area (Å²) < 4.78 is 5.56. The maximum absolute atomic E-state index is 5.56. The van der Waals surface area contributed by atoms with Gasteiger partial charge in [-0.15, -0.1) is 0 Å². The molecule has 114 valence electrons. The van der Waals surface area contributed by atoms with Crippen molar-refractivity contribution in [2.75, 3.05) is 13.7 Å². The van der Waals surface area contributed by atoms with Crippen LogP contribution in [0, 0.1) is 19.8 Å². The van der Waals surface area contributed by atoms with Crippen molar-refractivity contribution in [2.24, 2.45) is 5.92 Å². The second-order valence-electron chi connectivity index (χ2n) is 6.11. The zero-order valence-corrected chi connectivity index (χ0v) is 14.0. The number of aryl methyl sites for hydroxylation is 2. The second-order valence-corrected chi connectivity index (χ2v) is 6.11. The normalized spacial score (nSPS) is 12.8. The van der Waals surface area contributed by atoms with Gasteiger partial charge in [0.2, 0.25) is 0 Å². The van der Waals surface area contributed by atoms with E-state index in [9.17, 15) is 0 Å². The SMILES string of the molecule is CCCNC(CCc1c(C)cc(C)cc1OC)C(C)C. The van der Waals surface area contributed by atoms with E-state index < -0.39 is 0 Å².